The lowest BCUT2D eigenvalue weighted by Crippen LogP contribution is -2.43. The molecule has 10 heteroatoms. The van der Waals surface area contributed by atoms with E-state index in [9.17, 15) is 17.6 Å². The zero-order valence-corrected chi connectivity index (χ0v) is 16.8. The van der Waals surface area contributed by atoms with Crippen molar-refractivity contribution in [2.45, 2.75) is 23.8 Å². The smallest absolute Gasteiger partial charge is 0.244 e. The van der Waals surface area contributed by atoms with Crippen LogP contribution in [0.1, 0.15) is 12.8 Å². The first-order valence-electron chi connectivity index (χ1n) is 8.49. The molecule has 1 saturated heterocycles. The summed E-state index contributed by atoms with van der Waals surface area (Å²) in [5.74, 6) is -0.970. The van der Waals surface area contributed by atoms with Gasteiger partial charge in [0, 0.05) is 6.54 Å². The molecular formula is C18H15ClFN3O3S2. The van der Waals surface area contributed by atoms with Crippen molar-refractivity contribution in [3.8, 4) is 0 Å². The highest BCUT2D eigenvalue weighted by atomic mass is 35.5. The molecule has 0 spiro atoms. The number of rotatable bonds is 4. The Morgan fingerprint density at radius 3 is 2.71 bits per heavy atom. The van der Waals surface area contributed by atoms with E-state index in [1.54, 1.807) is 12.1 Å². The van der Waals surface area contributed by atoms with Crippen LogP contribution in [-0.4, -0.2) is 36.2 Å². The number of sulfonamides is 1. The highest BCUT2D eigenvalue weighted by molar-refractivity contribution is 7.89. The normalized spacial score (nSPS) is 17.9. The SMILES string of the molecule is O=C(Nc1nc2c(Cl)cccc2s1)C1CCCN1S(=O)(=O)c1ccc(F)cc1. The molecule has 1 atom stereocenters. The number of hydrogen-bond acceptors (Lipinski definition) is 5. The summed E-state index contributed by atoms with van der Waals surface area (Å²) < 4.78 is 40.9. The first-order chi connectivity index (χ1) is 13.4. The highest BCUT2D eigenvalue weighted by Crippen LogP contribution is 2.32. The number of amides is 1. The van der Waals surface area contributed by atoms with Gasteiger partial charge in [0.05, 0.1) is 14.6 Å². The molecular weight excluding hydrogens is 425 g/mol. The molecule has 2 heterocycles. The Bertz CT molecular complexity index is 1150. The Labute approximate surface area is 170 Å². The number of anilines is 1. The zero-order valence-electron chi connectivity index (χ0n) is 14.4. The van der Waals surface area contributed by atoms with E-state index >= 15 is 0 Å². The van der Waals surface area contributed by atoms with E-state index in [0.717, 1.165) is 21.1 Å². The summed E-state index contributed by atoms with van der Waals surface area (Å²) >= 11 is 7.38. The second kappa shape index (κ2) is 7.40. The molecule has 0 saturated carbocycles. The van der Waals surface area contributed by atoms with Gasteiger partial charge in [0.2, 0.25) is 15.9 Å². The van der Waals surface area contributed by atoms with Crippen LogP contribution in [0.25, 0.3) is 10.2 Å². The summed E-state index contributed by atoms with van der Waals surface area (Å²) in [5.41, 5.74) is 0.590. The molecule has 1 unspecified atom stereocenters. The molecule has 1 N–H and O–H groups in total. The molecule has 146 valence electrons. The van der Waals surface area contributed by atoms with E-state index < -0.39 is 27.8 Å². The minimum atomic E-state index is -3.91. The second-order valence-electron chi connectivity index (χ2n) is 6.32. The van der Waals surface area contributed by atoms with Gasteiger partial charge in [-0.15, -0.1) is 0 Å². The Hall–Kier alpha value is -2.07. The lowest BCUT2D eigenvalue weighted by Gasteiger charge is -2.23. The van der Waals surface area contributed by atoms with E-state index in [4.69, 9.17) is 11.6 Å². The van der Waals surface area contributed by atoms with Gasteiger partial charge in [0.15, 0.2) is 5.13 Å². The molecule has 1 aromatic heterocycles. The van der Waals surface area contributed by atoms with Gasteiger partial charge in [0.25, 0.3) is 0 Å². The van der Waals surface area contributed by atoms with Crippen molar-refractivity contribution in [2.24, 2.45) is 0 Å². The summed E-state index contributed by atoms with van der Waals surface area (Å²) in [6.45, 7) is 0.226. The molecule has 1 aliphatic heterocycles. The lowest BCUT2D eigenvalue weighted by atomic mass is 10.2. The third kappa shape index (κ3) is 3.50. The summed E-state index contributed by atoms with van der Waals surface area (Å²) in [6.07, 6.45) is 0.960. The summed E-state index contributed by atoms with van der Waals surface area (Å²) in [6, 6.07) is 9.07. The molecule has 1 fully saturated rings. The molecule has 1 amide bonds. The first-order valence-corrected chi connectivity index (χ1v) is 11.1. The summed E-state index contributed by atoms with van der Waals surface area (Å²) in [4.78, 5) is 17.1. The van der Waals surface area contributed by atoms with Gasteiger partial charge in [-0.1, -0.05) is 29.0 Å². The fourth-order valence-electron chi connectivity index (χ4n) is 3.19. The van der Waals surface area contributed by atoms with Gasteiger partial charge in [-0.2, -0.15) is 4.31 Å². The molecule has 1 aliphatic rings. The number of carbonyl (C=O) groups is 1. The number of benzene rings is 2. The number of fused-ring (bicyclic) bond motifs is 1. The molecule has 6 nitrogen and oxygen atoms in total. The van der Waals surface area contributed by atoms with Crippen molar-refractivity contribution in [1.82, 2.24) is 9.29 Å². The highest BCUT2D eigenvalue weighted by Gasteiger charge is 2.39. The third-order valence-corrected chi connectivity index (χ3v) is 7.69. The first kappa shape index (κ1) is 19.3. The van der Waals surface area contributed by atoms with Gasteiger partial charge in [-0.25, -0.2) is 17.8 Å². The average Bonchev–Trinajstić information content (AvgIpc) is 3.30. The number of nitrogens with zero attached hydrogens (tertiary/aromatic N) is 2. The molecule has 0 bridgehead atoms. The largest absolute Gasteiger partial charge is 0.301 e. The maximum absolute atomic E-state index is 13.1. The zero-order chi connectivity index (χ0) is 19.9. The van der Waals surface area contributed by atoms with Crippen LogP contribution in [0.4, 0.5) is 9.52 Å². The predicted octanol–water partition coefficient (Wildman–Crippen LogP) is 3.88. The van der Waals surface area contributed by atoms with Crippen LogP contribution >= 0.6 is 22.9 Å². The standard InChI is InChI=1S/C18H15ClFN3O3S2/c19-13-3-1-5-15-16(13)21-18(27-15)22-17(24)14-4-2-10-23(14)28(25,26)12-8-6-11(20)7-9-12/h1,3,5-9,14H,2,4,10H2,(H,21,22,24). The van der Waals surface area contributed by atoms with E-state index in [1.807, 2.05) is 6.07 Å². The Balaban J connectivity index is 1.57. The van der Waals surface area contributed by atoms with Crippen LogP contribution in [0, 0.1) is 5.82 Å². The monoisotopic (exact) mass is 439 g/mol. The van der Waals surface area contributed by atoms with Gasteiger partial charge in [0.1, 0.15) is 17.4 Å². The number of thiazole rings is 1. The van der Waals surface area contributed by atoms with Gasteiger partial charge < -0.3 is 5.32 Å². The number of aromatic nitrogens is 1. The van der Waals surface area contributed by atoms with Crippen molar-refractivity contribution in [3.05, 3.63) is 53.3 Å². The van der Waals surface area contributed by atoms with E-state index in [1.165, 1.54) is 23.5 Å². The van der Waals surface area contributed by atoms with Crippen LogP contribution < -0.4 is 5.32 Å². The molecule has 2 aromatic carbocycles. The van der Waals surface area contributed by atoms with Crippen molar-refractivity contribution in [3.63, 3.8) is 0 Å². The minimum absolute atomic E-state index is 0.0413. The number of para-hydroxylation sites is 1. The van der Waals surface area contributed by atoms with Crippen molar-refractivity contribution in [2.75, 3.05) is 11.9 Å². The van der Waals surface area contributed by atoms with Crippen LogP contribution in [0.15, 0.2) is 47.4 Å². The quantitative estimate of drug-likeness (QED) is 0.669. The van der Waals surface area contributed by atoms with Crippen LogP contribution in [0.3, 0.4) is 0 Å². The van der Waals surface area contributed by atoms with Crippen molar-refractivity contribution >= 4 is 54.2 Å². The van der Waals surface area contributed by atoms with Gasteiger partial charge in [-0.05, 0) is 49.2 Å². The fraction of sp³-hybridized carbons (Fsp3) is 0.222. The summed E-state index contributed by atoms with van der Waals surface area (Å²) in [7, 11) is -3.91. The van der Waals surface area contributed by atoms with Gasteiger partial charge >= 0.3 is 0 Å². The van der Waals surface area contributed by atoms with E-state index in [-0.39, 0.29) is 11.4 Å². The Morgan fingerprint density at radius 2 is 2.00 bits per heavy atom. The number of halogens is 2. The number of carbonyl (C=O) groups excluding carboxylic acids is 1. The van der Waals surface area contributed by atoms with Crippen LogP contribution in [-0.2, 0) is 14.8 Å². The molecule has 3 aromatic rings. The lowest BCUT2D eigenvalue weighted by molar-refractivity contribution is -0.119. The average molecular weight is 440 g/mol. The topological polar surface area (TPSA) is 79.4 Å². The van der Waals surface area contributed by atoms with E-state index in [2.05, 4.69) is 10.3 Å². The third-order valence-electron chi connectivity index (χ3n) is 4.53. The second-order valence-corrected chi connectivity index (χ2v) is 9.65. The van der Waals surface area contributed by atoms with Gasteiger partial charge in [-0.3, -0.25) is 4.79 Å². The fourth-order valence-corrected chi connectivity index (χ4v) is 6.01. The van der Waals surface area contributed by atoms with Crippen LogP contribution in [0.5, 0.6) is 0 Å². The molecule has 28 heavy (non-hydrogen) atoms. The molecule has 4 rings (SSSR count). The Morgan fingerprint density at radius 1 is 1.25 bits per heavy atom. The molecule has 0 radical (unpaired) electrons. The minimum Gasteiger partial charge on any atom is -0.301 e. The Kier molecular flexibility index (Phi) is 5.09. The molecule has 0 aliphatic carbocycles. The maximum atomic E-state index is 13.1. The van der Waals surface area contributed by atoms with Crippen LogP contribution in [0.2, 0.25) is 5.02 Å². The number of nitrogens with one attached hydrogen (secondary N) is 1. The van der Waals surface area contributed by atoms with E-state index in [0.29, 0.717) is 28.5 Å². The maximum Gasteiger partial charge on any atom is 0.244 e. The summed E-state index contributed by atoms with van der Waals surface area (Å²) in [5, 5.41) is 3.55. The number of hydrogen-bond donors (Lipinski definition) is 1. The van der Waals surface area contributed by atoms with Crippen molar-refractivity contribution < 1.29 is 17.6 Å². The van der Waals surface area contributed by atoms with Crippen molar-refractivity contribution in [1.29, 1.82) is 0 Å². The predicted molar refractivity (Wildman–Crippen MR) is 107 cm³/mol.